The van der Waals surface area contributed by atoms with E-state index in [0.29, 0.717) is 6.61 Å². The summed E-state index contributed by atoms with van der Waals surface area (Å²) >= 11 is 0. The lowest BCUT2D eigenvalue weighted by Crippen LogP contribution is -2.42. The molecule has 1 aromatic carbocycles. The second-order valence-corrected chi connectivity index (χ2v) is 4.93. The van der Waals surface area contributed by atoms with Crippen LogP contribution in [0.4, 0.5) is 0 Å². The van der Waals surface area contributed by atoms with Crippen LogP contribution < -0.4 is 10.1 Å². The molecule has 0 spiro atoms. The number of ether oxygens (including phenoxy) is 1. The lowest BCUT2D eigenvalue weighted by molar-refractivity contribution is 0.0444. The third-order valence-corrected chi connectivity index (χ3v) is 3.76. The molecule has 1 aliphatic rings. The molecule has 1 aromatic rings. The zero-order valence-electron chi connectivity index (χ0n) is 10.4. The van der Waals surface area contributed by atoms with Crippen molar-refractivity contribution < 1.29 is 9.84 Å². The molecule has 0 amide bonds. The van der Waals surface area contributed by atoms with Crippen molar-refractivity contribution in [2.24, 2.45) is 5.41 Å². The fourth-order valence-corrected chi connectivity index (χ4v) is 2.38. The highest BCUT2D eigenvalue weighted by Crippen LogP contribution is 2.39. The van der Waals surface area contributed by atoms with Crippen molar-refractivity contribution in [2.75, 3.05) is 20.3 Å². The number of benzene rings is 1. The monoisotopic (exact) mass is 235 g/mol. The van der Waals surface area contributed by atoms with Gasteiger partial charge in [0.05, 0.1) is 7.11 Å². The zero-order valence-corrected chi connectivity index (χ0v) is 10.4. The molecule has 1 aliphatic carbocycles. The Morgan fingerprint density at radius 2 is 2.12 bits per heavy atom. The van der Waals surface area contributed by atoms with E-state index in [0.717, 1.165) is 31.7 Å². The Hall–Kier alpha value is -1.06. The molecule has 3 heteroatoms. The highest BCUT2D eigenvalue weighted by atomic mass is 16.5. The van der Waals surface area contributed by atoms with E-state index in [9.17, 15) is 5.11 Å². The quantitative estimate of drug-likeness (QED) is 0.792. The van der Waals surface area contributed by atoms with Gasteiger partial charge in [0.1, 0.15) is 5.75 Å². The van der Waals surface area contributed by atoms with Crippen molar-refractivity contribution in [2.45, 2.75) is 25.8 Å². The second kappa shape index (κ2) is 5.52. The van der Waals surface area contributed by atoms with E-state index in [-0.39, 0.29) is 5.41 Å². The number of aliphatic hydroxyl groups excluding tert-OH is 1. The molecule has 0 radical (unpaired) electrons. The van der Waals surface area contributed by atoms with Crippen molar-refractivity contribution >= 4 is 0 Å². The summed E-state index contributed by atoms with van der Waals surface area (Å²) in [6.07, 6.45) is 3.53. The highest BCUT2D eigenvalue weighted by Gasteiger charge is 2.35. The molecule has 17 heavy (non-hydrogen) atoms. The maximum Gasteiger partial charge on any atom is 0.123 e. The lowest BCUT2D eigenvalue weighted by Gasteiger charge is -2.40. The number of methoxy groups -OCH3 is 1. The average molecular weight is 235 g/mol. The summed E-state index contributed by atoms with van der Waals surface area (Å²) in [5, 5.41) is 12.8. The van der Waals surface area contributed by atoms with Gasteiger partial charge in [-0.25, -0.2) is 0 Å². The van der Waals surface area contributed by atoms with Crippen LogP contribution in [0.1, 0.15) is 24.8 Å². The number of hydrogen-bond donors (Lipinski definition) is 2. The molecule has 3 nitrogen and oxygen atoms in total. The van der Waals surface area contributed by atoms with Crippen LogP contribution in [0.15, 0.2) is 24.3 Å². The lowest BCUT2D eigenvalue weighted by atomic mass is 9.69. The molecular weight excluding hydrogens is 214 g/mol. The molecule has 0 aliphatic heterocycles. The third-order valence-electron chi connectivity index (χ3n) is 3.76. The van der Waals surface area contributed by atoms with E-state index in [2.05, 4.69) is 11.4 Å². The largest absolute Gasteiger partial charge is 0.496 e. The Morgan fingerprint density at radius 1 is 1.35 bits per heavy atom. The molecule has 0 atom stereocenters. The van der Waals surface area contributed by atoms with Gasteiger partial charge in [-0.3, -0.25) is 0 Å². The van der Waals surface area contributed by atoms with E-state index in [1.165, 1.54) is 12.0 Å². The van der Waals surface area contributed by atoms with Crippen LogP contribution in [0, 0.1) is 5.41 Å². The molecule has 2 rings (SSSR count). The maximum absolute atomic E-state index is 9.37. The maximum atomic E-state index is 9.37. The van der Waals surface area contributed by atoms with Gasteiger partial charge >= 0.3 is 0 Å². The first-order valence-corrected chi connectivity index (χ1v) is 6.23. The van der Waals surface area contributed by atoms with Crippen molar-refractivity contribution in [3.8, 4) is 5.75 Å². The first-order valence-electron chi connectivity index (χ1n) is 6.23. The summed E-state index contributed by atoms with van der Waals surface area (Å²) in [6, 6.07) is 8.04. The Morgan fingerprint density at radius 3 is 2.71 bits per heavy atom. The number of para-hydroxylation sites is 1. The van der Waals surface area contributed by atoms with E-state index in [4.69, 9.17) is 4.74 Å². The number of hydrogen-bond acceptors (Lipinski definition) is 3. The van der Waals surface area contributed by atoms with Crippen LogP contribution in [-0.4, -0.2) is 25.4 Å². The minimum absolute atomic E-state index is 0.141. The van der Waals surface area contributed by atoms with Crippen LogP contribution >= 0.6 is 0 Å². The molecule has 0 saturated heterocycles. The molecule has 94 valence electrons. The standard InChI is InChI=1S/C14H21NO2/c1-17-13-6-3-2-5-12(13)9-15-10-14(11-16)7-4-8-14/h2-3,5-6,15-16H,4,7-11H2,1H3. The molecule has 0 aromatic heterocycles. The van der Waals surface area contributed by atoms with Crippen molar-refractivity contribution in [1.82, 2.24) is 5.32 Å². The van der Waals surface area contributed by atoms with Crippen molar-refractivity contribution in [3.63, 3.8) is 0 Å². The molecule has 0 heterocycles. The first-order chi connectivity index (χ1) is 8.29. The van der Waals surface area contributed by atoms with Crippen molar-refractivity contribution in [1.29, 1.82) is 0 Å². The molecule has 0 unspecified atom stereocenters. The van der Waals surface area contributed by atoms with E-state index in [1.54, 1.807) is 7.11 Å². The van der Waals surface area contributed by atoms with Crippen LogP contribution in [-0.2, 0) is 6.54 Å². The zero-order chi connectivity index (χ0) is 12.1. The summed E-state index contributed by atoms with van der Waals surface area (Å²) in [5.41, 5.74) is 1.31. The fourth-order valence-electron chi connectivity index (χ4n) is 2.38. The number of nitrogens with one attached hydrogen (secondary N) is 1. The van der Waals surface area contributed by atoms with Crippen LogP contribution in [0.25, 0.3) is 0 Å². The summed E-state index contributed by atoms with van der Waals surface area (Å²) in [4.78, 5) is 0. The predicted molar refractivity (Wildman–Crippen MR) is 68.1 cm³/mol. The smallest absolute Gasteiger partial charge is 0.123 e. The first kappa shape index (κ1) is 12.4. The van der Waals surface area contributed by atoms with Gasteiger partial charge in [-0.2, -0.15) is 0 Å². The highest BCUT2D eigenvalue weighted by molar-refractivity contribution is 5.32. The normalized spacial score (nSPS) is 17.5. The van der Waals surface area contributed by atoms with Crippen LogP contribution in [0.3, 0.4) is 0 Å². The van der Waals surface area contributed by atoms with Gasteiger partial charge in [-0.15, -0.1) is 0 Å². The third kappa shape index (κ3) is 2.79. The molecular formula is C14H21NO2. The van der Waals surface area contributed by atoms with Gasteiger partial charge < -0.3 is 15.2 Å². The van der Waals surface area contributed by atoms with Gasteiger partial charge in [-0.1, -0.05) is 24.6 Å². The SMILES string of the molecule is COc1ccccc1CNCC1(CO)CCC1. The van der Waals surface area contributed by atoms with Crippen LogP contribution in [0.5, 0.6) is 5.75 Å². The predicted octanol–water partition coefficient (Wildman–Crippen LogP) is 1.95. The number of aliphatic hydroxyl groups is 1. The molecule has 2 N–H and O–H groups in total. The van der Waals surface area contributed by atoms with Gasteiger partial charge in [0, 0.05) is 30.7 Å². The van der Waals surface area contributed by atoms with E-state index in [1.807, 2.05) is 18.2 Å². The Labute approximate surface area is 103 Å². The molecule has 1 fully saturated rings. The molecule has 1 saturated carbocycles. The van der Waals surface area contributed by atoms with Crippen molar-refractivity contribution in [3.05, 3.63) is 29.8 Å². The topological polar surface area (TPSA) is 41.5 Å². The van der Waals surface area contributed by atoms with Crippen LogP contribution in [0.2, 0.25) is 0 Å². The Kier molecular flexibility index (Phi) is 4.02. The fraction of sp³-hybridized carbons (Fsp3) is 0.571. The van der Waals surface area contributed by atoms with Gasteiger partial charge in [0.2, 0.25) is 0 Å². The summed E-state index contributed by atoms with van der Waals surface area (Å²) in [6.45, 7) is 1.99. The number of rotatable bonds is 6. The summed E-state index contributed by atoms with van der Waals surface area (Å²) in [7, 11) is 1.69. The minimum atomic E-state index is 0.141. The summed E-state index contributed by atoms with van der Waals surface area (Å²) in [5.74, 6) is 0.923. The minimum Gasteiger partial charge on any atom is -0.496 e. The Bertz CT molecular complexity index is 355. The second-order valence-electron chi connectivity index (χ2n) is 4.93. The Balaban J connectivity index is 1.85. The van der Waals surface area contributed by atoms with E-state index >= 15 is 0 Å². The average Bonchev–Trinajstić information content (AvgIpc) is 2.33. The molecule has 0 bridgehead atoms. The van der Waals surface area contributed by atoms with Gasteiger partial charge in [0.25, 0.3) is 0 Å². The van der Waals surface area contributed by atoms with E-state index < -0.39 is 0 Å². The summed E-state index contributed by atoms with van der Waals surface area (Å²) < 4.78 is 5.31. The van der Waals surface area contributed by atoms with Gasteiger partial charge in [0.15, 0.2) is 0 Å². The van der Waals surface area contributed by atoms with Gasteiger partial charge in [-0.05, 0) is 18.9 Å².